The number of hydrogen-bond acceptors (Lipinski definition) is 4. The molecule has 1 saturated heterocycles. The number of amides is 2. The van der Waals surface area contributed by atoms with Crippen LogP contribution in [0.5, 0.6) is 0 Å². The highest BCUT2D eigenvalue weighted by atomic mass is 32.2. The molecule has 0 aliphatic carbocycles. The summed E-state index contributed by atoms with van der Waals surface area (Å²) >= 11 is 0. The van der Waals surface area contributed by atoms with E-state index in [-0.39, 0.29) is 23.3 Å². The van der Waals surface area contributed by atoms with Crippen molar-refractivity contribution in [2.24, 2.45) is 0 Å². The number of piperazine rings is 1. The fourth-order valence-electron chi connectivity index (χ4n) is 3.51. The average Bonchev–Trinajstić information content (AvgIpc) is 2.66. The first-order valence-corrected chi connectivity index (χ1v) is 10.7. The summed E-state index contributed by atoms with van der Waals surface area (Å²) in [6.45, 7) is 5.33. The summed E-state index contributed by atoms with van der Waals surface area (Å²) in [7, 11) is -2.13. The van der Waals surface area contributed by atoms with Crippen molar-refractivity contribution in [3.05, 3.63) is 48.5 Å². The molecule has 0 saturated carbocycles. The van der Waals surface area contributed by atoms with Crippen molar-refractivity contribution in [2.75, 3.05) is 25.5 Å². The fourth-order valence-corrected chi connectivity index (χ4v) is 5.25. The third-order valence-electron chi connectivity index (χ3n) is 5.11. The molecule has 7 nitrogen and oxygen atoms in total. The van der Waals surface area contributed by atoms with E-state index in [9.17, 15) is 18.0 Å². The van der Waals surface area contributed by atoms with Gasteiger partial charge in [0.1, 0.15) is 5.54 Å². The predicted octanol–water partition coefficient (Wildman–Crippen LogP) is 2.55. The summed E-state index contributed by atoms with van der Waals surface area (Å²) in [6.07, 6.45) is 0. The van der Waals surface area contributed by atoms with Gasteiger partial charge in [-0.2, -0.15) is 4.31 Å². The van der Waals surface area contributed by atoms with Gasteiger partial charge in [0.15, 0.2) is 0 Å². The summed E-state index contributed by atoms with van der Waals surface area (Å²) in [6, 6.07) is 13.9. The number of carbonyl (C=O) groups is 2. The number of likely N-dealkylation sites (N-methyl/N-ethyl adjacent to an activating group) is 1. The highest BCUT2D eigenvalue weighted by Crippen LogP contribution is 2.30. The van der Waals surface area contributed by atoms with Crippen LogP contribution in [-0.4, -0.2) is 55.1 Å². The second-order valence-corrected chi connectivity index (χ2v) is 9.51. The Kier molecular flexibility index (Phi) is 5.51. The maximum absolute atomic E-state index is 13.2. The van der Waals surface area contributed by atoms with Crippen LogP contribution in [0, 0.1) is 0 Å². The second kappa shape index (κ2) is 7.61. The smallest absolute Gasteiger partial charge is 0.244 e. The first-order chi connectivity index (χ1) is 13.5. The van der Waals surface area contributed by atoms with Crippen LogP contribution in [0.25, 0.3) is 11.1 Å². The summed E-state index contributed by atoms with van der Waals surface area (Å²) in [5.74, 6) is -0.360. The van der Waals surface area contributed by atoms with Crippen LogP contribution < -0.4 is 5.32 Å². The number of benzene rings is 2. The lowest BCUT2D eigenvalue weighted by Gasteiger charge is -2.43. The molecule has 0 aromatic heterocycles. The zero-order chi connectivity index (χ0) is 21.4. The number of nitrogens with one attached hydrogen (secondary N) is 1. The van der Waals surface area contributed by atoms with Crippen molar-refractivity contribution in [3.8, 4) is 11.1 Å². The second-order valence-electron chi connectivity index (χ2n) is 7.65. The van der Waals surface area contributed by atoms with Crippen molar-refractivity contribution in [1.29, 1.82) is 0 Å². The maximum Gasteiger partial charge on any atom is 0.244 e. The molecule has 0 radical (unpaired) electrons. The molecule has 0 unspecified atom stereocenters. The zero-order valence-corrected chi connectivity index (χ0v) is 17.8. The van der Waals surface area contributed by atoms with Gasteiger partial charge in [0, 0.05) is 32.7 Å². The molecule has 1 N–H and O–H groups in total. The number of rotatable bonds is 4. The van der Waals surface area contributed by atoms with E-state index in [1.54, 1.807) is 62.2 Å². The van der Waals surface area contributed by atoms with Crippen molar-refractivity contribution in [2.45, 2.75) is 31.2 Å². The van der Waals surface area contributed by atoms with Crippen molar-refractivity contribution in [1.82, 2.24) is 9.21 Å². The molecule has 0 bridgehead atoms. The molecule has 0 atom stereocenters. The molecule has 2 aromatic carbocycles. The third kappa shape index (κ3) is 4.04. The van der Waals surface area contributed by atoms with Crippen LogP contribution in [0.1, 0.15) is 20.8 Å². The van der Waals surface area contributed by atoms with Gasteiger partial charge < -0.3 is 10.2 Å². The van der Waals surface area contributed by atoms with Crippen molar-refractivity contribution >= 4 is 27.5 Å². The van der Waals surface area contributed by atoms with E-state index < -0.39 is 15.6 Å². The molecule has 1 heterocycles. The van der Waals surface area contributed by atoms with E-state index in [4.69, 9.17) is 0 Å². The monoisotopic (exact) mass is 415 g/mol. The van der Waals surface area contributed by atoms with Crippen LogP contribution >= 0.6 is 0 Å². The first-order valence-electron chi connectivity index (χ1n) is 9.30. The Balaban J connectivity index is 1.86. The predicted molar refractivity (Wildman–Crippen MR) is 112 cm³/mol. The van der Waals surface area contributed by atoms with Gasteiger partial charge >= 0.3 is 0 Å². The van der Waals surface area contributed by atoms with Crippen molar-refractivity contribution in [3.63, 3.8) is 0 Å². The SMILES string of the molecule is CC(=O)Nc1ccc(-c2ccc(S(=O)(=O)N3CCN(C)C(=O)C3(C)C)cc2)cc1. The molecule has 2 amide bonds. The number of hydrogen-bond donors (Lipinski definition) is 1. The molecule has 0 spiro atoms. The van der Waals surface area contributed by atoms with Crippen LogP contribution in [0.15, 0.2) is 53.4 Å². The average molecular weight is 416 g/mol. The van der Waals surface area contributed by atoms with E-state index >= 15 is 0 Å². The minimum Gasteiger partial charge on any atom is -0.343 e. The molecule has 154 valence electrons. The minimum absolute atomic E-state index is 0.141. The lowest BCUT2D eigenvalue weighted by molar-refractivity contribution is -0.142. The van der Waals surface area contributed by atoms with Gasteiger partial charge in [0.05, 0.1) is 4.90 Å². The highest BCUT2D eigenvalue weighted by Gasteiger charge is 2.46. The Labute approximate surface area is 171 Å². The van der Waals surface area contributed by atoms with Crippen molar-refractivity contribution < 1.29 is 18.0 Å². The molecular weight excluding hydrogens is 390 g/mol. The number of nitrogens with zero attached hydrogens (tertiary/aromatic N) is 2. The number of sulfonamides is 1. The van der Waals surface area contributed by atoms with E-state index in [2.05, 4.69) is 5.32 Å². The molecule has 3 rings (SSSR count). The molecule has 1 aliphatic heterocycles. The van der Waals surface area contributed by atoms with E-state index in [0.29, 0.717) is 12.2 Å². The van der Waals surface area contributed by atoms with E-state index in [1.807, 2.05) is 12.1 Å². The van der Waals surface area contributed by atoms with Gasteiger partial charge in [0.25, 0.3) is 0 Å². The highest BCUT2D eigenvalue weighted by molar-refractivity contribution is 7.89. The van der Waals surface area contributed by atoms with Gasteiger partial charge in [-0.25, -0.2) is 8.42 Å². The lowest BCUT2D eigenvalue weighted by Crippen LogP contribution is -2.63. The summed E-state index contributed by atoms with van der Waals surface area (Å²) in [4.78, 5) is 25.3. The Bertz CT molecular complexity index is 1030. The van der Waals surface area contributed by atoms with Crippen LogP contribution in [0.3, 0.4) is 0 Å². The Hall–Kier alpha value is -2.71. The molecule has 8 heteroatoms. The number of anilines is 1. The summed E-state index contributed by atoms with van der Waals surface area (Å²) in [5.41, 5.74) is 1.32. The van der Waals surface area contributed by atoms with Gasteiger partial charge in [-0.05, 0) is 49.2 Å². The van der Waals surface area contributed by atoms with Crippen LogP contribution in [0.4, 0.5) is 5.69 Å². The van der Waals surface area contributed by atoms with Gasteiger partial charge in [-0.3, -0.25) is 9.59 Å². The minimum atomic E-state index is -3.81. The zero-order valence-electron chi connectivity index (χ0n) is 17.0. The fraction of sp³-hybridized carbons (Fsp3) is 0.333. The Morgan fingerprint density at radius 3 is 2.00 bits per heavy atom. The Morgan fingerprint density at radius 2 is 1.48 bits per heavy atom. The molecule has 1 fully saturated rings. The lowest BCUT2D eigenvalue weighted by atomic mass is 10.0. The molecule has 29 heavy (non-hydrogen) atoms. The van der Waals surface area contributed by atoms with Gasteiger partial charge in [-0.15, -0.1) is 0 Å². The third-order valence-corrected chi connectivity index (χ3v) is 7.20. The standard InChI is InChI=1S/C21H25N3O4S/c1-15(25)22-18-9-5-16(6-10-18)17-7-11-19(12-8-17)29(27,28)24-14-13-23(4)20(26)21(24,2)3/h5-12H,13-14H2,1-4H3,(H,22,25). The number of carbonyl (C=O) groups excluding carboxylic acids is 2. The Morgan fingerprint density at radius 1 is 0.966 bits per heavy atom. The largest absolute Gasteiger partial charge is 0.343 e. The summed E-state index contributed by atoms with van der Waals surface area (Å²) < 4.78 is 27.6. The maximum atomic E-state index is 13.2. The van der Waals surface area contributed by atoms with E-state index in [0.717, 1.165) is 11.1 Å². The van der Waals surface area contributed by atoms with E-state index in [1.165, 1.54) is 11.2 Å². The van der Waals surface area contributed by atoms with Gasteiger partial charge in [0.2, 0.25) is 21.8 Å². The molecule has 1 aliphatic rings. The van der Waals surface area contributed by atoms with Crippen LogP contribution in [-0.2, 0) is 19.6 Å². The quantitative estimate of drug-likeness (QED) is 0.831. The first kappa shape index (κ1) is 21.0. The van der Waals surface area contributed by atoms with Crippen LogP contribution in [0.2, 0.25) is 0 Å². The molecular formula is C21H25N3O4S. The topological polar surface area (TPSA) is 86.8 Å². The normalized spacial score (nSPS) is 17.2. The molecule has 2 aromatic rings. The summed E-state index contributed by atoms with van der Waals surface area (Å²) in [5, 5.41) is 2.71. The van der Waals surface area contributed by atoms with Gasteiger partial charge in [-0.1, -0.05) is 24.3 Å².